The number of hydrogen-bond donors (Lipinski definition) is 2. The molecule has 0 amide bonds. The van der Waals surface area contributed by atoms with E-state index in [1.54, 1.807) is 25.1 Å². The Labute approximate surface area is 138 Å². The molecule has 0 saturated carbocycles. The number of rotatable bonds is 5. The summed E-state index contributed by atoms with van der Waals surface area (Å²) < 4.78 is 10.8. The third-order valence-electron chi connectivity index (χ3n) is 3.66. The number of carboxylic acid groups (broad SMARTS) is 1. The maximum Gasteiger partial charge on any atom is 0.371 e. The number of phenolic OH excluding ortho intramolecular Hbond substituents is 1. The van der Waals surface area contributed by atoms with Crippen molar-refractivity contribution in [1.29, 1.82) is 0 Å². The molecule has 1 aromatic heterocycles. The normalized spacial score (nSPS) is 10.5. The number of aromatic carboxylic acids is 1. The van der Waals surface area contributed by atoms with E-state index in [2.05, 4.69) is 0 Å². The van der Waals surface area contributed by atoms with Crippen molar-refractivity contribution in [2.45, 2.75) is 13.5 Å². The Bertz CT molecular complexity index is 862. The molecular weight excluding hydrogens is 308 g/mol. The summed E-state index contributed by atoms with van der Waals surface area (Å²) in [4.78, 5) is 10.9. The Morgan fingerprint density at radius 3 is 2.46 bits per heavy atom. The number of aromatic hydroxyl groups is 1. The Morgan fingerprint density at radius 1 is 1.08 bits per heavy atom. The van der Waals surface area contributed by atoms with Gasteiger partial charge in [-0.05, 0) is 48.4 Å². The summed E-state index contributed by atoms with van der Waals surface area (Å²) in [6.07, 6.45) is 0. The SMILES string of the molecule is Cc1oc(C(=O)O)cc1COc1ccc(-c2cccc(O)c2)cc1. The van der Waals surface area contributed by atoms with Crippen LogP contribution in [0.2, 0.25) is 0 Å². The van der Waals surface area contributed by atoms with Crippen LogP contribution in [-0.2, 0) is 6.61 Å². The summed E-state index contributed by atoms with van der Waals surface area (Å²) in [7, 11) is 0. The predicted molar refractivity (Wildman–Crippen MR) is 88.3 cm³/mol. The van der Waals surface area contributed by atoms with E-state index in [4.69, 9.17) is 14.3 Å². The molecule has 2 aromatic carbocycles. The van der Waals surface area contributed by atoms with Crippen molar-refractivity contribution < 1.29 is 24.2 Å². The van der Waals surface area contributed by atoms with E-state index in [9.17, 15) is 9.90 Å². The highest BCUT2D eigenvalue weighted by molar-refractivity contribution is 5.84. The second kappa shape index (κ2) is 6.50. The van der Waals surface area contributed by atoms with Gasteiger partial charge in [-0.15, -0.1) is 0 Å². The first kappa shape index (κ1) is 15.7. The molecule has 2 N–H and O–H groups in total. The number of carbonyl (C=O) groups is 1. The number of aryl methyl sites for hydroxylation is 1. The van der Waals surface area contributed by atoms with Crippen LogP contribution in [0.1, 0.15) is 21.9 Å². The van der Waals surface area contributed by atoms with E-state index < -0.39 is 5.97 Å². The van der Waals surface area contributed by atoms with Crippen LogP contribution in [0.3, 0.4) is 0 Å². The molecule has 1 heterocycles. The Balaban J connectivity index is 1.69. The molecule has 0 aliphatic rings. The number of phenols is 1. The van der Waals surface area contributed by atoms with Gasteiger partial charge in [0.25, 0.3) is 0 Å². The molecule has 0 saturated heterocycles. The van der Waals surface area contributed by atoms with E-state index in [0.717, 1.165) is 11.1 Å². The number of benzene rings is 2. The van der Waals surface area contributed by atoms with Gasteiger partial charge in [-0.3, -0.25) is 0 Å². The minimum atomic E-state index is -1.10. The molecule has 5 heteroatoms. The van der Waals surface area contributed by atoms with Crippen LogP contribution in [0.5, 0.6) is 11.5 Å². The third kappa shape index (κ3) is 3.41. The topological polar surface area (TPSA) is 79.9 Å². The first-order valence-corrected chi connectivity index (χ1v) is 7.38. The van der Waals surface area contributed by atoms with Crippen molar-refractivity contribution >= 4 is 5.97 Å². The van der Waals surface area contributed by atoms with Crippen molar-refractivity contribution in [1.82, 2.24) is 0 Å². The maximum absolute atomic E-state index is 10.9. The molecule has 0 aliphatic carbocycles. The van der Waals surface area contributed by atoms with Crippen LogP contribution in [-0.4, -0.2) is 16.2 Å². The molecule has 5 nitrogen and oxygen atoms in total. The zero-order valence-electron chi connectivity index (χ0n) is 13.0. The Kier molecular flexibility index (Phi) is 4.24. The molecule has 0 radical (unpaired) electrons. The monoisotopic (exact) mass is 324 g/mol. The summed E-state index contributed by atoms with van der Waals surface area (Å²) in [5, 5.41) is 18.4. The number of ether oxygens (including phenoxy) is 1. The summed E-state index contributed by atoms with van der Waals surface area (Å²) in [6.45, 7) is 1.93. The van der Waals surface area contributed by atoms with Gasteiger partial charge in [0.1, 0.15) is 23.9 Å². The lowest BCUT2D eigenvalue weighted by Crippen LogP contribution is -1.96. The summed E-state index contributed by atoms with van der Waals surface area (Å²) in [6, 6.07) is 15.9. The highest BCUT2D eigenvalue weighted by atomic mass is 16.5. The summed E-state index contributed by atoms with van der Waals surface area (Å²) >= 11 is 0. The molecule has 122 valence electrons. The van der Waals surface area contributed by atoms with Crippen LogP contribution < -0.4 is 4.74 Å². The highest BCUT2D eigenvalue weighted by Crippen LogP contribution is 2.26. The van der Waals surface area contributed by atoms with Gasteiger partial charge in [0.05, 0.1) is 0 Å². The quantitative estimate of drug-likeness (QED) is 0.734. The van der Waals surface area contributed by atoms with Gasteiger partial charge >= 0.3 is 5.97 Å². The Hall–Kier alpha value is -3.21. The summed E-state index contributed by atoms with van der Waals surface area (Å²) in [5.41, 5.74) is 2.58. The van der Waals surface area contributed by atoms with Crippen molar-refractivity contribution in [3.05, 3.63) is 71.7 Å². The Morgan fingerprint density at radius 2 is 1.83 bits per heavy atom. The van der Waals surface area contributed by atoms with E-state index in [1.165, 1.54) is 6.07 Å². The van der Waals surface area contributed by atoms with Gasteiger partial charge in [0.15, 0.2) is 0 Å². The summed E-state index contributed by atoms with van der Waals surface area (Å²) in [5.74, 6) is 0.225. The standard InChI is InChI=1S/C19H16O5/c1-12-15(10-18(24-12)19(21)22)11-23-17-7-5-13(6-8-17)14-3-2-4-16(20)9-14/h2-10,20H,11H2,1H3,(H,21,22). The van der Waals surface area contributed by atoms with Crippen LogP contribution >= 0.6 is 0 Å². The van der Waals surface area contributed by atoms with Crippen LogP contribution in [0.15, 0.2) is 59.0 Å². The fourth-order valence-electron chi connectivity index (χ4n) is 2.36. The minimum Gasteiger partial charge on any atom is -0.508 e. The molecule has 24 heavy (non-hydrogen) atoms. The lowest BCUT2D eigenvalue weighted by atomic mass is 10.1. The largest absolute Gasteiger partial charge is 0.508 e. The second-order valence-electron chi connectivity index (χ2n) is 5.36. The van der Waals surface area contributed by atoms with Gasteiger partial charge in [0.2, 0.25) is 5.76 Å². The van der Waals surface area contributed by atoms with Crippen molar-refractivity contribution in [2.24, 2.45) is 0 Å². The molecule has 0 spiro atoms. The van der Waals surface area contributed by atoms with Crippen LogP contribution in [0.4, 0.5) is 0 Å². The molecule has 0 fully saturated rings. The molecule has 0 unspecified atom stereocenters. The molecule has 3 aromatic rings. The third-order valence-corrected chi connectivity index (χ3v) is 3.66. The van der Waals surface area contributed by atoms with Crippen molar-refractivity contribution in [3.8, 4) is 22.6 Å². The lowest BCUT2D eigenvalue weighted by molar-refractivity contribution is 0.0661. The van der Waals surface area contributed by atoms with Gasteiger partial charge in [-0.1, -0.05) is 24.3 Å². The van der Waals surface area contributed by atoms with Crippen LogP contribution in [0.25, 0.3) is 11.1 Å². The molecule has 3 rings (SSSR count). The molecule has 0 aliphatic heterocycles. The van der Waals surface area contributed by atoms with Crippen LogP contribution in [0, 0.1) is 6.92 Å². The zero-order chi connectivity index (χ0) is 17.1. The van der Waals surface area contributed by atoms with E-state index in [1.807, 2.05) is 30.3 Å². The minimum absolute atomic E-state index is 0.0923. The number of furan rings is 1. The van der Waals surface area contributed by atoms with Gasteiger partial charge in [-0.2, -0.15) is 0 Å². The lowest BCUT2D eigenvalue weighted by Gasteiger charge is -2.07. The fraction of sp³-hybridized carbons (Fsp3) is 0.105. The van der Waals surface area contributed by atoms with E-state index in [0.29, 0.717) is 17.1 Å². The van der Waals surface area contributed by atoms with Crippen molar-refractivity contribution in [3.63, 3.8) is 0 Å². The van der Waals surface area contributed by atoms with E-state index in [-0.39, 0.29) is 18.1 Å². The second-order valence-corrected chi connectivity index (χ2v) is 5.36. The van der Waals surface area contributed by atoms with Crippen molar-refractivity contribution in [2.75, 3.05) is 0 Å². The smallest absolute Gasteiger partial charge is 0.371 e. The van der Waals surface area contributed by atoms with Gasteiger partial charge in [-0.25, -0.2) is 4.79 Å². The van der Waals surface area contributed by atoms with E-state index >= 15 is 0 Å². The average Bonchev–Trinajstić information content (AvgIpc) is 2.95. The maximum atomic E-state index is 10.9. The predicted octanol–water partition coefficient (Wildman–Crippen LogP) is 4.24. The highest BCUT2D eigenvalue weighted by Gasteiger charge is 2.13. The fourth-order valence-corrected chi connectivity index (χ4v) is 2.36. The number of carboxylic acids is 1. The number of hydrogen-bond acceptors (Lipinski definition) is 4. The molecule has 0 atom stereocenters. The van der Waals surface area contributed by atoms with Gasteiger partial charge in [0, 0.05) is 5.56 Å². The first-order valence-electron chi connectivity index (χ1n) is 7.38. The van der Waals surface area contributed by atoms with Gasteiger partial charge < -0.3 is 19.4 Å². The first-order chi connectivity index (χ1) is 11.5. The molecular formula is C19H16O5. The average molecular weight is 324 g/mol. The zero-order valence-corrected chi connectivity index (χ0v) is 13.0. The molecule has 0 bridgehead atoms.